The molecule has 3 aliphatic heterocycles. The van der Waals surface area contributed by atoms with Crippen molar-refractivity contribution in [2.75, 3.05) is 78.0 Å². The van der Waals surface area contributed by atoms with Crippen LogP contribution in [0.25, 0.3) is 5.52 Å². The zero-order chi connectivity index (χ0) is 39.9. The lowest BCUT2D eigenvalue weighted by molar-refractivity contribution is -0.174. The number of anilines is 1. The van der Waals surface area contributed by atoms with E-state index in [-0.39, 0.29) is 24.7 Å². The van der Waals surface area contributed by atoms with Crippen molar-refractivity contribution in [3.63, 3.8) is 0 Å². The molecule has 0 amide bonds. The predicted molar refractivity (Wildman–Crippen MR) is 198 cm³/mol. The van der Waals surface area contributed by atoms with Crippen molar-refractivity contribution in [2.45, 2.75) is 63.8 Å². The maximum Gasteiger partial charge on any atom is 0.459 e. The van der Waals surface area contributed by atoms with Gasteiger partial charge in [0, 0.05) is 26.2 Å². The summed E-state index contributed by atoms with van der Waals surface area (Å²) in [6, 6.07) is 10.5. The molecule has 3 aliphatic rings. The Hall–Kier alpha value is -4.20. The fourth-order valence-electron chi connectivity index (χ4n) is 6.58. The number of rotatable bonds is 16. The van der Waals surface area contributed by atoms with Crippen LogP contribution < -0.4 is 15.3 Å². The van der Waals surface area contributed by atoms with E-state index < -0.39 is 68.3 Å². The molecule has 3 aromatic rings. The van der Waals surface area contributed by atoms with E-state index in [4.69, 9.17) is 43.2 Å². The highest BCUT2D eigenvalue weighted by Gasteiger charge is 2.59. The van der Waals surface area contributed by atoms with Crippen molar-refractivity contribution in [1.29, 1.82) is 0 Å². The molecule has 0 radical (unpaired) electrons. The summed E-state index contributed by atoms with van der Waals surface area (Å²) in [7, 11) is -4.44. The standard InChI is InChI=1S/C36H50N7O12P/c1-24(2)51-35(46)25(3)40-56(47,55-26-8-6-5-7-9-26)50-22-36(4)33(53-30(45)21-42-14-18-49-19-15-42)32(52-29(44)20-41-12-16-48-17-13-41)31(54-36)27-10-11-28-34(37)38-23-39-43(27)28/h5-11,23-25,31-33H,12-22H2,1-4H3,(H,40,47)(H2,37,38,39)/t25-,31-,32-,33-,36+,56-/m0/s1. The molecule has 3 N–H and O–H groups in total. The second-order valence-electron chi connectivity index (χ2n) is 14.2. The summed E-state index contributed by atoms with van der Waals surface area (Å²) in [5.74, 6) is -1.53. The first-order valence-electron chi connectivity index (χ1n) is 18.5. The molecule has 0 spiro atoms. The van der Waals surface area contributed by atoms with Crippen LogP contribution in [0.5, 0.6) is 5.75 Å². The number of aromatic nitrogens is 3. The number of fused-ring (bicyclic) bond motifs is 1. The summed E-state index contributed by atoms with van der Waals surface area (Å²) in [5, 5.41) is 7.05. The average Bonchev–Trinajstić information content (AvgIpc) is 3.71. The first-order valence-corrected chi connectivity index (χ1v) is 20.1. The monoisotopic (exact) mass is 803 g/mol. The summed E-state index contributed by atoms with van der Waals surface area (Å²) in [6.07, 6.45) is -2.87. The highest BCUT2D eigenvalue weighted by Crippen LogP contribution is 2.50. The molecule has 19 nitrogen and oxygen atoms in total. The van der Waals surface area contributed by atoms with Gasteiger partial charge in [-0.25, -0.2) is 14.1 Å². The van der Waals surface area contributed by atoms with Gasteiger partial charge in [-0.3, -0.25) is 28.7 Å². The predicted octanol–water partition coefficient (Wildman–Crippen LogP) is 1.76. The number of nitrogen functional groups attached to an aromatic ring is 1. The minimum atomic E-state index is -4.44. The first kappa shape index (κ1) is 41.4. The van der Waals surface area contributed by atoms with Crippen LogP contribution in [0.2, 0.25) is 0 Å². The normalized spacial score (nSPS) is 25.1. The lowest BCUT2D eigenvalue weighted by Crippen LogP contribution is -2.50. The summed E-state index contributed by atoms with van der Waals surface area (Å²) in [4.78, 5) is 48.2. The van der Waals surface area contributed by atoms with E-state index in [1.165, 1.54) is 17.8 Å². The maximum atomic E-state index is 14.6. The SMILES string of the molecule is CC(C)OC(=O)[C@H](C)N[P@](=O)(OC[C@@]1(C)O[C@@H](c2ccc3c(N)ncnn23)[C@H](OC(=O)CN2CCOCC2)[C@@H]1OC(=O)CN1CCOCC1)Oc1ccccc1. The van der Waals surface area contributed by atoms with Crippen LogP contribution in [0, 0.1) is 0 Å². The summed E-state index contributed by atoms with van der Waals surface area (Å²) in [6.45, 7) is 9.64. The van der Waals surface area contributed by atoms with Gasteiger partial charge in [0.2, 0.25) is 0 Å². The molecule has 0 aliphatic carbocycles. The number of benzene rings is 1. The molecule has 3 saturated heterocycles. The van der Waals surface area contributed by atoms with E-state index >= 15 is 0 Å². The van der Waals surface area contributed by atoms with E-state index in [0.29, 0.717) is 63.8 Å². The van der Waals surface area contributed by atoms with E-state index in [1.807, 2.05) is 9.80 Å². The molecule has 56 heavy (non-hydrogen) atoms. The molecule has 0 bridgehead atoms. The van der Waals surface area contributed by atoms with Crippen molar-refractivity contribution in [2.24, 2.45) is 0 Å². The van der Waals surface area contributed by atoms with Gasteiger partial charge < -0.3 is 38.7 Å². The highest BCUT2D eigenvalue weighted by molar-refractivity contribution is 7.52. The van der Waals surface area contributed by atoms with Crippen molar-refractivity contribution >= 4 is 37.0 Å². The number of carbonyl (C=O) groups excluding carboxylic acids is 3. The van der Waals surface area contributed by atoms with Gasteiger partial charge in [0.15, 0.2) is 18.0 Å². The van der Waals surface area contributed by atoms with Crippen molar-refractivity contribution < 1.29 is 56.4 Å². The van der Waals surface area contributed by atoms with E-state index in [9.17, 15) is 18.9 Å². The largest absolute Gasteiger partial charge is 0.462 e. The van der Waals surface area contributed by atoms with E-state index in [1.54, 1.807) is 63.2 Å². The van der Waals surface area contributed by atoms with Gasteiger partial charge in [-0.2, -0.15) is 10.2 Å². The Morgan fingerprint density at radius 1 is 0.946 bits per heavy atom. The Labute approximate surface area is 324 Å². The fourth-order valence-corrected chi connectivity index (χ4v) is 8.16. The second kappa shape index (κ2) is 18.4. The van der Waals surface area contributed by atoms with Gasteiger partial charge in [0.05, 0.1) is 57.9 Å². The van der Waals surface area contributed by atoms with Crippen LogP contribution in [0.3, 0.4) is 0 Å². The Balaban J connectivity index is 1.35. The second-order valence-corrected chi connectivity index (χ2v) is 15.9. The van der Waals surface area contributed by atoms with Crippen molar-refractivity contribution in [1.82, 2.24) is 29.5 Å². The molecule has 1 aromatic carbocycles. The molecule has 6 rings (SSSR count). The van der Waals surface area contributed by atoms with Gasteiger partial charge in [-0.05, 0) is 52.0 Å². The van der Waals surface area contributed by atoms with Crippen LogP contribution in [0.4, 0.5) is 5.82 Å². The highest BCUT2D eigenvalue weighted by atomic mass is 31.2. The fraction of sp³-hybridized carbons (Fsp3) is 0.583. The van der Waals surface area contributed by atoms with Crippen LogP contribution in [-0.2, 0) is 51.9 Å². The summed E-state index contributed by atoms with van der Waals surface area (Å²) < 4.78 is 63.5. The molecule has 0 unspecified atom stereocenters. The third-order valence-electron chi connectivity index (χ3n) is 9.38. The van der Waals surface area contributed by atoms with Gasteiger partial charge in [0.1, 0.15) is 35.3 Å². The van der Waals surface area contributed by atoms with Crippen molar-refractivity contribution in [3.05, 3.63) is 54.5 Å². The summed E-state index contributed by atoms with van der Waals surface area (Å²) >= 11 is 0. The topological polar surface area (TPSA) is 217 Å². The van der Waals surface area contributed by atoms with E-state index in [2.05, 4.69) is 15.2 Å². The van der Waals surface area contributed by atoms with Crippen LogP contribution in [0.1, 0.15) is 39.5 Å². The van der Waals surface area contributed by atoms with Gasteiger partial charge >= 0.3 is 25.7 Å². The minimum Gasteiger partial charge on any atom is -0.462 e. The number of nitrogens with two attached hydrogens (primary N) is 1. The summed E-state index contributed by atoms with van der Waals surface area (Å²) in [5.41, 5.74) is 5.38. The molecular weight excluding hydrogens is 753 g/mol. The molecular formula is C36H50N7O12P. The van der Waals surface area contributed by atoms with Crippen LogP contribution in [-0.4, -0.2) is 145 Å². The molecule has 5 heterocycles. The third-order valence-corrected chi connectivity index (χ3v) is 11.0. The maximum absolute atomic E-state index is 14.6. The van der Waals surface area contributed by atoms with Gasteiger partial charge in [-0.1, -0.05) is 18.2 Å². The first-order chi connectivity index (χ1) is 26.8. The number of hydrogen-bond acceptors (Lipinski definition) is 17. The number of ether oxygens (including phenoxy) is 6. The molecule has 3 fully saturated rings. The van der Waals surface area contributed by atoms with Gasteiger partial charge in [-0.15, -0.1) is 0 Å². The zero-order valence-electron chi connectivity index (χ0n) is 31.9. The number of esters is 3. The van der Waals surface area contributed by atoms with Gasteiger partial charge in [0.25, 0.3) is 0 Å². The van der Waals surface area contributed by atoms with Crippen molar-refractivity contribution in [3.8, 4) is 5.75 Å². The number of hydrogen-bond donors (Lipinski definition) is 2. The van der Waals surface area contributed by atoms with Crippen LogP contribution >= 0.6 is 7.75 Å². The molecule has 2 aromatic heterocycles. The quantitative estimate of drug-likeness (QED) is 0.120. The number of carbonyl (C=O) groups is 3. The molecule has 306 valence electrons. The lowest BCUT2D eigenvalue weighted by atomic mass is 9.96. The molecule has 0 saturated carbocycles. The number of morpholine rings is 2. The zero-order valence-corrected chi connectivity index (χ0v) is 32.8. The number of nitrogens with zero attached hydrogens (tertiary/aromatic N) is 5. The Morgan fingerprint density at radius 2 is 1.57 bits per heavy atom. The Kier molecular flexibility index (Phi) is 13.6. The average molecular weight is 804 g/mol. The number of nitrogens with one attached hydrogen (secondary N) is 1. The third kappa shape index (κ3) is 10.4. The lowest BCUT2D eigenvalue weighted by Gasteiger charge is -2.33. The number of para-hydroxylation sites is 1. The molecule has 6 atom stereocenters. The molecule has 20 heteroatoms. The van der Waals surface area contributed by atoms with Crippen LogP contribution in [0.15, 0.2) is 48.8 Å². The smallest absolute Gasteiger partial charge is 0.459 e. The van der Waals surface area contributed by atoms with E-state index in [0.717, 1.165) is 0 Å². The Morgan fingerprint density at radius 3 is 2.20 bits per heavy atom. The minimum absolute atomic E-state index is 0.0628. The Bertz CT molecular complexity index is 1860.